The first-order valence-electron chi connectivity index (χ1n) is 5.97. The van der Waals surface area contributed by atoms with Gasteiger partial charge in [-0.3, -0.25) is 9.69 Å². The van der Waals surface area contributed by atoms with Gasteiger partial charge in [0, 0.05) is 19.1 Å². The summed E-state index contributed by atoms with van der Waals surface area (Å²) in [5.74, 6) is 0.155. The highest BCUT2D eigenvalue weighted by Gasteiger charge is 2.26. The molecule has 1 aliphatic rings. The first-order chi connectivity index (χ1) is 7.76. The molecular formula is C12H22N2O3. The van der Waals surface area contributed by atoms with Gasteiger partial charge in [0.05, 0.1) is 6.54 Å². The molecule has 1 N–H and O–H groups in total. The summed E-state index contributed by atoms with van der Waals surface area (Å²) in [7, 11) is 0. The number of amides is 1. The van der Waals surface area contributed by atoms with E-state index in [1.807, 2.05) is 25.7 Å². The fraction of sp³-hybridized carbons (Fsp3) is 0.833. The third-order valence-corrected chi connectivity index (χ3v) is 2.44. The van der Waals surface area contributed by atoms with E-state index >= 15 is 0 Å². The second-order valence-electron chi connectivity index (χ2n) is 5.57. The average molecular weight is 242 g/mol. The predicted molar refractivity (Wildman–Crippen MR) is 64.9 cm³/mol. The summed E-state index contributed by atoms with van der Waals surface area (Å²) >= 11 is 0. The van der Waals surface area contributed by atoms with Crippen LogP contribution in [-0.4, -0.2) is 48.1 Å². The van der Waals surface area contributed by atoms with Gasteiger partial charge in [-0.2, -0.15) is 0 Å². The summed E-state index contributed by atoms with van der Waals surface area (Å²) in [5, 5.41) is 2.82. The number of Topliss-reactive ketones (excluding diaryl/α,β-unsaturated/α-hetero) is 1. The molecule has 0 aromatic carbocycles. The van der Waals surface area contributed by atoms with Crippen molar-refractivity contribution in [3.63, 3.8) is 0 Å². The van der Waals surface area contributed by atoms with E-state index in [-0.39, 0.29) is 17.9 Å². The highest BCUT2D eigenvalue weighted by Crippen LogP contribution is 2.11. The largest absolute Gasteiger partial charge is 0.444 e. The van der Waals surface area contributed by atoms with Crippen molar-refractivity contribution in [1.29, 1.82) is 0 Å². The van der Waals surface area contributed by atoms with Gasteiger partial charge in [0.1, 0.15) is 11.4 Å². The molecule has 0 unspecified atom stereocenters. The molecule has 98 valence electrons. The lowest BCUT2D eigenvalue weighted by molar-refractivity contribution is -0.117. The number of carbonyl (C=O) groups is 2. The number of nitrogens with zero attached hydrogens (tertiary/aromatic N) is 1. The van der Waals surface area contributed by atoms with Crippen LogP contribution in [0.3, 0.4) is 0 Å². The summed E-state index contributed by atoms with van der Waals surface area (Å²) in [6.45, 7) is 9.12. The quantitative estimate of drug-likeness (QED) is 0.807. The van der Waals surface area contributed by atoms with Crippen LogP contribution in [0.2, 0.25) is 0 Å². The Morgan fingerprint density at radius 1 is 1.41 bits per heavy atom. The van der Waals surface area contributed by atoms with E-state index in [0.29, 0.717) is 6.54 Å². The summed E-state index contributed by atoms with van der Waals surface area (Å²) in [6, 6.07) is 0.0872. The van der Waals surface area contributed by atoms with Gasteiger partial charge in [-0.05, 0) is 34.1 Å². The highest BCUT2D eigenvalue weighted by molar-refractivity contribution is 5.77. The minimum Gasteiger partial charge on any atom is -0.444 e. The summed E-state index contributed by atoms with van der Waals surface area (Å²) in [5.41, 5.74) is -0.470. The number of rotatable bonds is 3. The molecule has 1 aliphatic heterocycles. The first-order valence-corrected chi connectivity index (χ1v) is 5.97. The molecule has 1 amide bonds. The van der Waals surface area contributed by atoms with Crippen molar-refractivity contribution < 1.29 is 14.3 Å². The van der Waals surface area contributed by atoms with Crippen molar-refractivity contribution in [2.45, 2.75) is 45.8 Å². The van der Waals surface area contributed by atoms with E-state index < -0.39 is 5.60 Å². The molecule has 0 saturated carbocycles. The SMILES string of the molecule is CC(=O)CN1CC[C@H](NC(=O)OC(C)(C)C)C1. The second kappa shape index (κ2) is 5.49. The van der Waals surface area contributed by atoms with E-state index in [0.717, 1.165) is 19.5 Å². The molecular weight excluding hydrogens is 220 g/mol. The number of carbonyl (C=O) groups excluding carboxylic acids is 2. The Labute approximate surface area is 102 Å². The fourth-order valence-electron chi connectivity index (χ4n) is 1.88. The standard InChI is InChI=1S/C12H22N2O3/c1-9(15)7-14-6-5-10(8-14)13-11(16)17-12(2,3)4/h10H,5-8H2,1-4H3,(H,13,16)/t10-/m0/s1. The number of ketones is 1. The van der Waals surface area contributed by atoms with Crippen LogP contribution < -0.4 is 5.32 Å². The Kier molecular flexibility index (Phi) is 4.51. The van der Waals surface area contributed by atoms with Crippen LogP contribution in [0.15, 0.2) is 0 Å². The average Bonchev–Trinajstić information content (AvgIpc) is 2.46. The zero-order valence-electron chi connectivity index (χ0n) is 11.1. The molecule has 1 fully saturated rings. The van der Waals surface area contributed by atoms with Gasteiger partial charge in [0.25, 0.3) is 0 Å². The van der Waals surface area contributed by atoms with E-state index in [9.17, 15) is 9.59 Å². The Bertz CT molecular complexity index is 297. The smallest absolute Gasteiger partial charge is 0.407 e. The van der Waals surface area contributed by atoms with Crippen LogP contribution in [0, 0.1) is 0 Å². The Hall–Kier alpha value is -1.10. The third-order valence-electron chi connectivity index (χ3n) is 2.44. The number of likely N-dealkylation sites (tertiary alicyclic amines) is 1. The van der Waals surface area contributed by atoms with Crippen LogP contribution in [0.25, 0.3) is 0 Å². The molecule has 0 spiro atoms. The van der Waals surface area contributed by atoms with Crippen LogP contribution in [-0.2, 0) is 9.53 Å². The van der Waals surface area contributed by atoms with Gasteiger partial charge in [0.15, 0.2) is 0 Å². The van der Waals surface area contributed by atoms with Crippen molar-refractivity contribution in [2.75, 3.05) is 19.6 Å². The zero-order valence-corrected chi connectivity index (χ0v) is 11.1. The lowest BCUT2D eigenvalue weighted by Crippen LogP contribution is -2.40. The molecule has 1 saturated heterocycles. The molecule has 5 nitrogen and oxygen atoms in total. The number of alkyl carbamates (subject to hydrolysis) is 1. The van der Waals surface area contributed by atoms with Crippen LogP contribution in [0.4, 0.5) is 4.79 Å². The number of hydrogen-bond donors (Lipinski definition) is 1. The maximum absolute atomic E-state index is 11.5. The van der Waals surface area contributed by atoms with Crippen molar-refractivity contribution in [1.82, 2.24) is 10.2 Å². The summed E-state index contributed by atoms with van der Waals surface area (Å²) < 4.78 is 5.18. The van der Waals surface area contributed by atoms with E-state index in [2.05, 4.69) is 5.32 Å². The normalized spacial score (nSPS) is 21.3. The van der Waals surface area contributed by atoms with Crippen molar-refractivity contribution in [2.24, 2.45) is 0 Å². The zero-order chi connectivity index (χ0) is 13.1. The summed E-state index contributed by atoms with van der Waals surface area (Å²) in [6.07, 6.45) is 0.485. The minimum atomic E-state index is -0.470. The summed E-state index contributed by atoms with van der Waals surface area (Å²) in [4.78, 5) is 24.5. The maximum Gasteiger partial charge on any atom is 0.407 e. The molecule has 1 heterocycles. The van der Waals surface area contributed by atoms with E-state index in [1.54, 1.807) is 6.92 Å². The molecule has 0 aromatic rings. The third kappa shape index (κ3) is 5.68. The highest BCUT2D eigenvalue weighted by atomic mass is 16.6. The second-order valence-corrected chi connectivity index (χ2v) is 5.57. The van der Waals surface area contributed by atoms with Gasteiger partial charge < -0.3 is 10.1 Å². The van der Waals surface area contributed by atoms with Crippen molar-refractivity contribution in [3.05, 3.63) is 0 Å². The Morgan fingerprint density at radius 2 is 2.06 bits per heavy atom. The van der Waals surface area contributed by atoms with Gasteiger partial charge in [-0.15, -0.1) is 0 Å². The molecule has 0 bridgehead atoms. The first kappa shape index (κ1) is 14.0. The number of nitrogens with one attached hydrogen (secondary N) is 1. The van der Waals surface area contributed by atoms with Gasteiger partial charge in [-0.1, -0.05) is 0 Å². The molecule has 1 rings (SSSR count). The Morgan fingerprint density at radius 3 is 2.59 bits per heavy atom. The maximum atomic E-state index is 11.5. The van der Waals surface area contributed by atoms with Crippen LogP contribution >= 0.6 is 0 Å². The predicted octanol–water partition coefficient (Wildman–Crippen LogP) is 1.17. The topological polar surface area (TPSA) is 58.6 Å². The molecule has 5 heteroatoms. The van der Waals surface area contributed by atoms with Crippen molar-refractivity contribution >= 4 is 11.9 Å². The van der Waals surface area contributed by atoms with Gasteiger partial charge in [0.2, 0.25) is 0 Å². The molecule has 0 aromatic heterocycles. The molecule has 0 aliphatic carbocycles. The molecule has 0 radical (unpaired) electrons. The fourth-order valence-corrected chi connectivity index (χ4v) is 1.88. The van der Waals surface area contributed by atoms with Crippen LogP contribution in [0.1, 0.15) is 34.1 Å². The monoisotopic (exact) mass is 242 g/mol. The molecule has 17 heavy (non-hydrogen) atoms. The minimum absolute atomic E-state index is 0.0872. The lowest BCUT2D eigenvalue weighted by Gasteiger charge is -2.21. The lowest BCUT2D eigenvalue weighted by atomic mass is 10.2. The van der Waals surface area contributed by atoms with Gasteiger partial charge in [-0.25, -0.2) is 4.79 Å². The number of ether oxygens (including phenoxy) is 1. The van der Waals surface area contributed by atoms with Crippen LogP contribution in [0.5, 0.6) is 0 Å². The number of hydrogen-bond acceptors (Lipinski definition) is 4. The van der Waals surface area contributed by atoms with E-state index in [4.69, 9.17) is 4.74 Å². The Balaban J connectivity index is 2.30. The van der Waals surface area contributed by atoms with Gasteiger partial charge >= 0.3 is 6.09 Å². The van der Waals surface area contributed by atoms with Crippen molar-refractivity contribution in [3.8, 4) is 0 Å². The van der Waals surface area contributed by atoms with E-state index in [1.165, 1.54) is 0 Å². The molecule has 1 atom stereocenters.